The topological polar surface area (TPSA) is 43.6 Å². The Balaban J connectivity index is 0.00000182. The summed E-state index contributed by atoms with van der Waals surface area (Å²) in [5, 5.41) is 0. The second kappa shape index (κ2) is 7.18. The summed E-state index contributed by atoms with van der Waals surface area (Å²) in [6.45, 7) is 4.39. The number of carbonyl (C=O) groups excluding carboxylic acids is 1. The van der Waals surface area contributed by atoms with E-state index >= 15 is 0 Å². The highest BCUT2D eigenvalue weighted by atomic mass is 79.9. The number of ether oxygens (including phenoxy) is 1. The molecule has 25 heavy (non-hydrogen) atoms. The third-order valence-corrected chi connectivity index (χ3v) is 7.39. The van der Waals surface area contributed by atoms with Crippen molar-refractivity contribution in [3.63, 3.8) is 0 Å². The average Bonchev–Trinajstić information content (AvgIpc) is 2.73. The van der Waals surface area contributed by atoms with Gasteiger partial charge < -0.3 is 9.30 Å². The maximum absolute atomic E-state index is 11.9. The molecular formula is C19H29BrN2O2S. The van der Waals surface area contributed by atoms with Crippen LogP contribution in [0.2, 0.25) is 0 Å². The van der Waals surface area contributed by atoms with Crippen LogP contribution in [0.15, 0.2) is 4.99 Å². The van der Waals surface area contributed by atoms with Gasteiger partial charge in [0.05, 0.1) is 18.6 Å². The molecule has 4 bridgehead atoms. The first-order valence-corrected chi connectivity index (χ1v) is 10.2. The summed E-state index contributed by atoms with van der Waals surface area (Å²) in [7, 11) is 2.05. The molecule has 5 rings (SSSR count). The molecule has 140 valence electrons. The van der Waals surface area contributed by atoms with Crippen LogP contribution < -0.4 is 4.80 Å². The molecule has 0 spiro atoms. The number of halogens is 1. The van der Waals surface area contributed by atoms with Gasteiger partial charge in [-0.15, -0.1) is 28.3 Å². The molecule has 0 unspecified atom stereocenters. The lowest BCUT2D eigenvalue weighted by Gasteiger charge is -2.54. The summed E-state index contributed by atoms with van der Waals surface area (Å²) in [6, 6.07) is 0. The van der Waals surface area contributed by atoms with Crippen LogP contribution >= 0.6 is 28.3 Å². The molecule has 1 heterocycles. The van der Waals surface area contributed by atoms with E-state index in [9.17, 15) is 4.79 Å². The average molecular weight is 429 g/mol. The molecule has 4 aliphatic rings. The van der Waals surface area contributed by atoms with E-state index in [-0.39, 0.29) is 28.5 Å². The van der Waals surface area contributed by atoms with Gasteiger partial charge in [0.15, 0.2) is 4.80 Å². The third kappa shape index (κ3) is 3.61. The van der Waals surface area contributed by atoms with Crippen molar-refractivity contribution in [2.45, 2.75) is 64.3 Å². The summed E-state index contributed by atoms with van der Waals surface area (Å²) in [5.74, 6) is 2.58. The van der Waals surface area contributed by atoms with Crippen LogP contribution in [0.3, 0.4) is 0 Å². The molecule has 0 radical (unpaired) electrons. The van der Waals surface area contributed by atoms with E-state index in [2.05, 4.69) is 18.5 Å². The van der Waals surface area contributed by atoms with Crippen molar-refractivity contribution in [3.05, 3.63) is 15.4 Å². The largest absolute Gasteiger partial charge is 0.466 e. The van der Waals surface area contributed by atoms with Crippen molar-refractivity contribution in [2.75, 3.05) is 6.61 Å². The van der Waals surface area contributed by atoms with Crippen LogP contribution in [0, 0.1) is 24.7 Å². The van der Waals surface area contributed by atoms with Gasteiger partial charge in [-0.2, -0.15) is 0 Å². The Bertz CT molecular complexity index is 686. The van der Waals surface area contributed by atoms with Crippen LogP contribution in [0.4, 0.5) is 0 Å². The lowest BCUT2D eigenvalue weighted by atomic mass is 9.53. The van der Waals surface area contributed by atoms with E-state index < -0.39 is 0 Å². The minimum Gasteiger partial charge on any atom is -0.466 e. The molecule has 4 saturated carbocycles. The summed E-state index contributed by atoms with van der Waals surface area (Å²) >= 11 is 1.74. The Labute approximate surface area is 164 Å². The van der Waals surface area contributed by atoms with Gasteiger partial charge in [-0.3, -0.25) is 9.79 Å². The molecule has 0 amide bonds. The van der Waals surface area contributed by atoms with Crippen molar-refractivity contribution < 1.29 is 9.53 Å². The highest BCUT2D eigenvalue weighted by Gasteiger charge is 2.51. The van der Waals surface area contributed by atoms with Crippen LogP contribution in [0.5, 0.6) is 0 Å². The van der Waals surface area contributed by atoms with Crippen molar-refractivity contribution in [3.8, 4) is 0 Å². The number of carbonyl (C=O) groups is 1. The van der Waals surface area contributed by atoms with E-state index in [4.69, 9.17) is 9.73 Å². The number of hydrogen-bond donors (Lipinski definition) is 0. The molecule has 4 aliphatic carbocycles. The normalized spacial score (nSPS) is 33.4. The summed E-state index contributed by atoms with van der Waals surface area (Å²) < 4.78 is 7.26. The molecule has 0 saturated heterocycles. The molecule has 4 nitrogen and oxygen atoms in total. The zero-order chi connectivity index (χ0) is 16.9. The van der Waals surface area contributed by atoms with Gasteiger partial charge in [0.25, 0.3) is 0 Å². The number of esters is 1. The highest BCUT2D eigenvalue weighted by Crippen LogP contribution is 2.57. The number of nitrogens with zero attached hydrogens (tertiary/aromatic N) is 2. The predicted molar refractivity (Wildman–Crippen MR) is 105 cm³/mol. The fourth-order valence-corrected chi connectivity index (χ4v) is 6.80. The summed E-state index contributed by atoms with van der Waals surface area (Å²) in [4.78, 5) is 19.5. The molecular weight excluding hydrogens is 400 g/mol. The van der Waals surface area contributed by atoms with Crippen molar-refractivity contribution in [2.24, 2.45) is 29.8 Å². The Morgan fingerprint density at radius 3 is 2.32 bits per heavy atom. The SMILES string of the molecule is Br.CCOC(=O)Cc1c(C)sc(=NC23CC4CC(CC(C4)C2)C3)n1C. The Morgan fingerprint density at radius 1 is 1.24 bits per heavy atom. The van der Waals surface area contributed by atoms with Crippen LogP contribution in [-0.2, 0) is 23.0 Å². The first kappa shape index (κ1) is 19.2. The molecule has 0 atom stereocenters. The minimum absolute atomic E-state index is 0. The van der Waals surface area contributed by atoms with Gasteiger partial charge in [0, 0.05) is 17.6 Å². The first-order valence-electron chi connectivity index (χ1n) is 9.35. The molecule has 1 aromatic rings. The maximum Gasteiger partial charge on any atom is 0.311 e. The number of aryl methyl sites for hydroxylation is 1. The third-order valence-electron chi connectivity index (χ3n) is 6.30. The first-order chi connectivity index (χ1) is 11.5. The number of hydrogen-bond acceptors (Lipinski definition) is 4. The maximum atomic E-state index is 11.9. The van der Waals surface area contributed by atoms with Gasteiger partial charge in [0.2, 0.25) is 0 Å². The summed E-state index contributed by atoms with van der Waals surface area (Å²) in [5.41, 5.74) is 1.24. The number of aromatic nitrogens is 1. The van der Waals surface area contributed by atoms with Gasteiger partial charge in [-0.25, -0.2) is 0 Å². The molecule has 4 fully saturated rings. The smallest absolute Gasteiger partial charge is 0.311 e. The Morgan fingerprint density at radius 2 is 1.80 bits per heavy atom. The van der Waals surface area contributed by atoms with Crippen molar-refractivity contribution in [1.82, 2.24) is 4.57 Å². The second-order valence-corrected chi connectivity index (χ2v) is 9.36. The van der Waals surface area contributed by atoms with E-state index in [0.717, 1.165) is 28.2 Å². The number of rotatable bonds is 4. The predicted octanol–water partition coefficient (Wildman–Crippen LogP) is 3.95. The quantitative estimate of drug-likeness (QED) is 0.681. The van der Waals surface area contributed by atoms with Crippen LogP contribution in [-0.4, -0.2) is 22.7 Å². The van der Waals surface area contributed by atoms with Gasteiger partial charge in [-0.05, 0) is 70.1 Å². The van der Waals surface area contributed by atoms with E-state index in [1.807, 2.05) is 6.92 Å². The Hall–Kier alpha value is -0.620. The van der Waals surface area contributed by atoms with Crippen LogP contribution in [0.25, 0.3) is 0 Å². The highest BCUT2D eigenvalue weighted by molar-refractivity contribution is 8.93. The van der Waals surface area contributed by atoms with E-state index in [1.165, 1.54) is 43.4 Å². The molecule has 1 aromatic heterocycles. The second-order valence-electron chi connectivity index (χ2n) is 8.18. The van der Waals surface area contributed by atoms with E-state index in [0.29, 0.717) is 13.0 Å². The summed E-state index contributed by atoms with van der Waals surface area (Å²) in [6.07, 6.45) is 8.52. The number of thiazole rings is 1. The molecule has 0 aromatic carbocycles. The zero-order valence-corrected chi connectivity index (χ0v) is 17.9. The minimum atomic E-state index is -0.143. The fourth-order valence-electron chi connectivity index (χ4n) is 5.71. The lowest BCUT2D eigenvalue weighted by Crippen LogP contribution is -2.50. The van der Waals surface area contributed by atoms with Gasteiger partial charge in [0.1, 0.15) is 0 Å². The molecule has 0 aliphatic heterocycles. The van der Waals surface area contributed by atoms with Gasteiger partial charge in [-0.1, -0.05) is 0 Å². The molecule has 0 N–H and O–H groups in total. The van der Waals surface area contributed by atoms with E-state index in [1.54, 1.807) is 11.3 Å². The monoisotopic (exact) mass is 428 g/mol. The molecule has 6 heteroatoms. The Kier molecular flexibility index (Phi) is 5.50. The standard InChI is InChI=1S/C19H28N2O2S.BrH/c1-4-23-17(22)8-16-12(2)24-18(21(16)3)20-19-9-13-5-14(10-19)7-15(6-13)11-19;/h13-15H,4-11H2,1-3H3;1H. The zero-order valence-electron chi connectivity index (χ0n) is 15.4. The fraction of sp³-hybridized carbons (Fsp3) is 0.789. The van der Waals surface area contributed by atoms with Crippen molar-refractivity contribution >= 4 is 34.3 Å². The van der Waals surface area contributed by atoms with Crippen molar-refractivity contribution in [1.29, 1.82) is 0 Å². The van der Waals surface area contributed by atoms with Crippen LogP contribution in [0.1, 0.15) is 56.0 Å². The van der Waals surface area contributed by atoms with Gasteiger partial charge >= 0.3 is 5.97 Å². The lowest BCUT2D eigenvalue weighted by molar-refractivity contribution is -0.142.